The van der Waals surface area contributed by atoms with Crippen LogP contribution in [0.15, 0.2) is 54.7 Å². The number of pyridine rings is 1. The number of rotatable bonds is 4. The number of anilines is 1. The third-order valence-electron chi connectivity index (χ3n) is 4.11. The molecule has 0 amide bonds. The number of carboxylic acid groups (broad SMARTS) is 1. The van der Waals surface area contributed by atoms with Crippen LogP contribution in [0.4, 0.5) is 5.82 Å². The van der Waals surface area contributed by atoms with Crippen molar-refractivity contribution in [2.45, 2.75) is 12.5 Å². The van der Waals surface area contributed by atoms with Gasteiger partial charge in [0, 0.05) is 19.3 Å². The maximum Gasteiger partial charge on any atom is 0.325 e. The Hall–Kier alpha value is -2.66. The van der Waals surface area contributed by atoms with Crippen LogP contribution >= 0.6 is 0 Å². The lowest BCUT2D eigenvalue weighted by molar-refractivity contribution is -0.143. The van der Waals surface area contributed by atoms with Gasteiger partial charge in [-0.15, -0.1) is 0 Å². The average molecular weight is 309 g/mol. The summed E-state index contributed by atoms with van der Waals surface area (Å²) in [4.78, 5) is 17.7. The monoisotopic (exact) mass is 309 g/mol. The summed E-state index contributed by atoms with van der Waals surface area (Å²) in [6, 6.07) is 12.9. The molecule has 0 aliphatic carbocycles. The van der Waals surface area contributed by atoms with Gasteiger partial charge in [0.25, 0.3) is 0 Å². The molecule has 3 rings (SSSR count). The van der Waals surface area contributed by atoms with Gasteiger partial charge in [0.1, 0.15) is 11.9 Å². The zero-order chi connectivity index (χ0) is 16.2. The van der Waals surface area contributed by atoms with Gasteiger partial charge in [-0.2, -0.15) is 0 Å². The van der Waals surface area contributed by atoms with Crippen LogP contribution in [0.5, 0.6) is 0 Å². The van der Waals surface area contributed by atoms with Gasteiger partial charge in [0.05, 0.1) is 0 Å². The highest BCUT2D eigenvalue weighted by Gasteiger charge is 2.28. The Bertz CT molecular complexity index is 711. The molecule has 1 aliphatic rings. The van der Waals surface area contributed by atoms with E-state index in [4.69, 9.17) is 5.73 Å². The molecule has 1 aromatic carbocycles. The summed E-state index contributed by atoms with van der Waals surface area (Å²) in [5, 5.41) is 9.61. The summed E-state index contributed by atoms with van der Waals surface area (Å²) in [6.45, 7) is 1.30. The van der Waals surface area contributed by atoms with E-state index in [1.807, 2.05) is 23.1 Å². The van der Waals surface area contributed by atoms with Crippen LogP contribution in [-0.2, 0) is 4.79 Å². The van der Waals surface area contributed by atoms with Gasteiger partial charge >= 0.3 is 5.97 Å². The molecule has 1 aromatic heterocycles. The predicted octanol–water partition coefficient (Wildman–Crippen LogP) is 2.58. The molecule has 5 heteroatoms. The molecule has 2 aromatic rings. The summed E-state index contributed by atoms with van der Waals surface area (Å²) in [6.07, 6.45) is 4.49. The molecule has 0 spiro atoms. The smallest absolute Gasteiger partial charge is 0.325 e. The molecular formula is C18H19N3O2. The average Bonchev–Trinajstić information content (AvgIpc) is 2.58. The van der Waals surface area contributed by atoms with Gasteiger partial charge < -0.3 is 10.8 Å². The van der Waals surface area contributed by atoms with Crippen LogP contribution in [-0.4, -0.2) is 34.0 Å². The first kappa shape index (κ1) is 15.2. The van der Waals surface area contributed by atoms with Crippen molar-refractivity contribution in [3.8, 4) is 0 Å². The quantitative estimate of drug-likeness (QED) is 0.907. The minimum Gasteiger partial charge on any atom is -0.480 e. The van der Waals surface area contributed by atoms with Crippen LogP contribution in [0.3, 0.4) is 0 Å². The fourth-order valence-electron chi connectivity index (χ4n) is 2.92. The Morgan fingerprint density at radius 1 is 1.22 bits per heavy atom. The zero-order valence-electron chi connectivity index (χ0n) is 12.7. The standard InChI is InChI=1S/C18H19N3O2/c19-16-7-6-15(12-20-16)17(18(22)23)21-10-8-14(9-11-21)13-4-2-1-3-5-13/h1-8,12,17H,9-11H2,(H2,19,20)(H,22,23). The minimum atomic E-state index is -0.867. The van der Waals surface area contributed by atoms with Gasteiger partial charge in [0.2, 0.25) is 0 Å². The van der Waals surface area contributed by atoms with E-state index in [0.717, 1.165) is 6.42 Å². The van der Waals surface area contributed by atoms with E-state index in [2.05, 4.69) is 23.2 Å². The van der Waals surface area contributed by atoms with E-state index >= 15 is 0 Å². The zero-order valence-corrected chi connectivity index (χ0v) is 12.7. The number of nitrogen functional groups attached to an aromatic ring is 1. The van der Waals surface area contributed by atoms with Crippen molar-refractivity contribution >= 4 is 17.4 Å². The molecular weight excluding hydrogens is 290 g/mol. The van der Waals surface area contributed by atoms with Crippen LogP contribution < -0.4 is 5.73 Å². The lowest BCUT2D eigenvalue weighted by Crippen LogP contribution is -2.37. The SMILES string of the molecule is Nc1ccc(C(C(=O)O)N2CC=C(c3ccccc3)CC2)cn1. The van der Waals surface area contributed by atoms with Crippen molar-refractivity contribution in [2.24, 2.45) is 0 Å². The molecule has 1 unspecified atom stereocenters. The lowest BCUT2D eigenvalue weighted by Gasteiger charge is -2.31. The molecule has 1 aliphatic heterocycles. The number of benzene rings is 1. The third-order valence-corrected chi connectivity index (χ3v) is 4.11. The number of hydrogen-bond donors (Lipinski definition) is 2. The van der Waals surface area contributed by atoms with Crippen molar-refractivity contribution < 1.29 is 9.90 Å². The maximum atomic E-state index is 11.7. The molecule has 1 atom stereocenters. The highest BCUT2D eigenvalue weighted by molar-refractivity contribution is 5.76. The molecule has 23 heavy (non-hydrogen) atoms. The Morgan fingerprint density at radius 2 is 2.00 bits per heavy atom. The Kier molecular flexibility index (Phi) is 4.39. The lowest BCUT2D eigenvalue weighted by atomic mass is 9.97. The number of nitrogens with zero attached hydrogens (tertiary/aromatic N) is 2. The molecule has 0 fully saturated rings. The molecule has 3 N–H and O–H groups in total. The number of aliphatic carboxylic acids is 1. The Morgan fingerprint density at radius 3 is 2.57 bits per heavy atom. The molecule has 5 nitrogen and oxygen atoms in total. The van der Waals surface area contributed by atoms with Crippen molar-refractivity contribution in [1.29, 1.82) is 0 Å². The van der Waals surface area contributed by atoms with Gasteiger partial charge in [-0.25, -0.2) is 4.98 Å². The van der Waals surface area contributed by atoms with E-state index < -0.39 is 12.0 Å². The van der Waals surface area contributed by atoms with Crippen molar-refractivity contribution in [1.82, 2.24) is 9.88 Å². The number of nitrogens with two attached hydrogens (primary N) is 1. The minimum absolute atomic E-state index is 0.391. The second-order valence-corrected chi connectivity index (χ2v) is 5.60. The van der Waals surface area contributed by atoms with Gasteiger partial charge in [-0.1, -0.05) is 42.5 Å². The van der Waals surface area contributed by atoms with Crippen molar-refractivity contribution in [3.63, 3.8) is 0 Å². The van der Waals surface area contributed by atoms with Crippen LogP contribution in [0.1, 0.15) is 23.6 Å². The number of aromatic nitrogens is 1. The van der Waals surface area contributed by atoms with E-state index in [9.17, 15) is 9.90 Å². The van der Waals surface area contributed by atoms with Crippen LogP contribution in [0.2, 0.25) is 0 Å². The highest BCUT2D eigenvalue weighted by atomic mass is 16.4. The van der Waals surface area contributed by atoms with Crippen LogP contribution in [0.25, 0.3) is 5.57 Å². The van der Waals surface area contributed by atoms with Gasteiger partial charge in [-0.05, 0) is 29.2 Å². The first-order valence-corrected chi connectivity index (χ1v) is 7.58. The van der Waals surface area contributed by atoms with E-state index in [1.54, 1.807) is 18.3 Å². The molecule has 0 bridgehead atoms. The second-order valence-electron chi connectivity index (χ2n) is 5.60. The Balaban J connectivity index is 1.80. The first-order chi connectivity index (χ1) is 11.1. The summed E-state index contributed by atoms with van der Waals surface area (Å²) in [5.74, 6) is -0.476. The third kappa shape index (κ3) is 3.40. The van der Waals surface area contributed by atoms with Crippen LogP contribution in [0, 0.1) is 0 Å². The summed E-state index contributed by atoms with van der Waals surface area (Å²) >= 11 is 0. The first-order valence-electron chi connectivity index (χ1n) is 7.58. The summed E-state index contributed by atoms with van der Waals surface area (Å²) in [5.41, 5.74) is 8.71. The molecule has 2 heterocycles. The molecule has 0 radical (unpaired) electrons. The number of carboxylic acids is 1. The summed E-state index contributed by atoms with van der Waals surface area (Å²) < 4.78 is 0. The predicted molar refractivity (Wildman–Crippen MR) is 89.6 cm³/mol. The van der Waals surface area contributed by atoms with Gasteiger partial charge in [-0.3, -0.25) is 9.69 Å². The van der Waals surface area contributed by atoms with E-state index in [-0.39, 0.29) is 0 Å². The molecule has 0 saturated carbocycles. The van der Waals surface area contributed by atoms with Crippen molar-refractivity contribution in [2.75, 3.05) is 18.8 Å². The fourth-order valence-corrected chi connectivity index (χ4v) is 2.92. The van der Waals surface area contributed by atoms with Gasteiger partial charge in [0.15, 0.2) is 0 Å². The fraction of sp³-hybridized carbons (Fsp3) is 0.222. The van der Waals surface area contributed by atoms with E-state index in [1.165, 1.54) is 11.1 Å². The Labute approximate surface area is 135 Å². The maximum absolute atomic E-state index is 11.7. The number of hydrogen-bond acceptors (Lipinski definition) is 4. The summed E-state index contributed by atoms with van der Waals surface area (Å²) in [7, 11) is 0. The largest absolute Gasteiger partial charge is 0.480 e. The van der Waals surface area contributed by atoms with E-state index in [0.29, 0.717) is 24.5 Å². The van der Waals surface area contributed by atoms with Crippen molar-refractivity contribution in [3.05, 3.63) is 65.9 Å². The topological polar surface area (TPSA) is 79.5 Å². The highest BCUT2D eigenvalue weighted by Crippen LogP contribution is 2.28. The molecule has 118 valence electrons. The second kappa shape index (κ2) is 6.62. The molecule has 0 saturated heterocycles. The number of carbonyl (C=O) groups is 1. The normalized spacial score (nSPS) is 16.6.